The van der Waals surface area contributed by atoms with Gasteiger partial charge in [0.05, 0.1) is 18.2 Å². The van der Waals surface area contributed by atoms with E-state index in [-0.39, 0.29) is 30.2 Å². The second-order valence-electron chi connectivity index (χ2n) is 8.55. The van der Waals surface area contributed by atoms with E-state index in [0.717, 1.165) is 28.0 Å². The number of rotatable bonds is 7. The molecule has 0 atom stereocenters. The van der Waals surface area contributed by atoms with E-state index >= 15 is 0 Å². The molecule has 0 spiro atoms. The maximum Gasteiger partial charge on any atom is 0.278 e. The first-order valence-electron chi connectivity index (χ1n) is 11.1. The second kappa shape index (κ2) is 9.33. The molecular formula is C28H28N2O3. The first kappa shape index (κ1) is 22.3. The van der Waals surface area contributed by atoms with Crippen LogP contribution >= 0.6 is 0 Å². The third-order valence-electron chi connectivity index (χ3n) is 5.64. The van der Waals surface area contributed by atoms with E-state index in [1.165, 1.54) is 4.90 Å². The van der Waals surface area contributed by atoms with E-state index in [1.807, 2.05) is 100 Å². The Labute approximate surface area is 194 Å². The number of benzene rings is 3. The van der Waals surface area contributed by atoms with Crippen molar-refractivity contribution in [3.63, 3.8) is 0 Å². The van der Waals surface area contributed by atoms with Gasteiger partial charge in [-0.3, -0.25) is 14.5 Å². The molecule has 168 valence electrons. The molecule has 33 heavy (non-hydrogen) atoms. The van der Waals surface area contributed by atoms with E-state index in [4.69, 9.17) is 4.74 Å². The van der Waals surface area contributed by atoms with Crippen molar-refractivity contribution >= 4 is 23.1 Å². The Kier molecular flexibility index (Phi) is 6.31. The topological polar surface area (TPSA) is 58.6 Å². The van der Waals surface area contributed by atoms with E-state index in [2.05, 4.69) is 5.32 Å². The van der Waals surface area contributed by atoms with Crippen molar-refractivity contribution in [1.29, 1.82) is 0 Å². The molecule has 0 saturated heterocycles. The van der Waals surface area contributed by atoms with Crippen LogP contribution in [0.15, 0.2) is 78.5 Å². The molecule has 1 aliphatic rings. The monoisotopic (exact) mass is 440 g/mol. The Morgan fingerprint density at radius 3 is 2.18 bits per heavy atom. The maximum atomic E-state index is 13.5. The zero-order valence-electron chi connectivity index (χ0n) is 19.4. The van der Waals surface area contributed by atoms with Gasteiger partial charge in [-0.25, -0.2) is 0 Å². The number of carbonyl (C=O) groups is 2. The zero-order valence-corrected chi connectivity index (χ0v) is 19.4. The highest BCUT2D eigenvalue weighted by molar-refractivity contribution is 6.36. The summed E-state index contributed by atoms with van der Waals surface area (Å²) in [6.45, 7) is 8.19. The first-order valence-corrected chi connectivity index (χ1v) is 11.1. The van der Waals surface area contributed by atoms with Gasteiger partial charge in [0.25, 0.3) is 11.8 Å². The van der Waals surface area contributed by atoms with E-state index < -0.39 is 0 Å². The van der Waals surface area contributed by atoms with Gasteiger partial charge in [-0.1, -0.05) is 48.5 Å². The van der Waals surface area contributed by atoms with Gasteiger partial charge < -0.3 is 10.1 Å². The molecule has 3 aromatic carbocycles. The van der Waals surface area contributed by atoms with Gasteiger partial charge in [-0.15, -0.1) is 0 Å². The van der Waals surface area contributed by atoms with E-state index in [1.54, 1.807) is 0 Å². The number of hydrogen-bond acceptors (Lipinski definition) is 4. The van der Waals surface area contributed by atoms with Crippen molar-refractivity contribution in [3.05, 3.63) is 101 Å². The number of nitrogens with one attached hydrogen (secondary N) is 1. The van der Waals surface area contributed by atoms with Crippen LogP contribution in [0.1, 0.15) is 36.1 Å². The Balaban J connectivity index is 1.71. The predicted octanol–water partition coefficient (Wildman–Crippen LogP) is 5.48. The quantitative estimate of drug-likeness (QED) is 0.494. The molecule has 0 radical (unpaired) electrons. The Morgan fingerprint density at radius 2 is 1.55 bits per heavy atom. The minimum atomic E-state index is -0.334. The summed E-state index contributed by atoms with van der Waals surface area (Å²) in [7, 11) is 0. The summed E-state index contributed by atoms with van der Waals surface area (Å²) in [5.74, 6) is 0.118. The van der Waals surface area contributed by atoms with Gasteiger partial charge in [0.1, 0.15) is 11.4 Å². The molecule has 0 bridgehead atoms. The zero-order chi connectivity index (χ0) is 23.5. The summed E-state index contributed by atoms with van der Waals surface area (Å²) in [6, 6.07) is 22.8. The third-order valence-corrected chi connectivity index (χ3v) is 5.64. The number of aryl methyl sites for hydroxylation is 2. The number of anilines is 1. The molecule has 0 aromatic heterocycles. The fourth-order valence-electron chi connectivity index (χ4n) is 3.80. The molecule has 1 heterocycles. The highest BCUT2D eigenvalue weighted by Crippen LogP contribution is 2.32. The fourth-order valence-corrected chi connectivity index (χ4v) is 3.80. The molecule has 0 saturated carbocycles. The lowest BCUT2D eigenvalue weighted by Gasteiger charge is -2.15. The normalized spacial score (nSPS) is 13.8. The number of nitrogens with zero attached hydrogens (tertiary/aromatic N) is 1. The van der Waals surface area contributed by atoms with Gasteiger partial charge in [-0.2, -0.15) is 0 Å². The molecular weight excluding hydrogens is 412 g/mol. The smallest absolute Gasteiger partial charge is 0.278 e. The summed E-state index contributed by atoms with van der Waals surface area (Å²) in [4.78, 5) is 28.2. The average molecular weight is 441 g/mol. The first-order chi connectivity index (χ1) is 15.8. The number of ether oxygens (including phenoxy) is 1. The molecule has 5 heteroatoms. The van der Waals surface area contributed by atoms with Gasteiger partial charge in [0.2, 0.25) is 0 Å². The third kappa shape index (κ3) is 4.82. The maximum absolute atomic E-state index is 13.5. The molecule has 1 aliphatic heterocycles. The molecule has 0 aliphatic carbocycles. The number of amides is 2. The Bertz CT molecular complexity index is 1210. The van der Waals surface area contributed by atoms with Gasteiger partial charge in [0.15, 0.2) is 0 Å². The van der Waals surface area contributed by atoms with Crippen LogP contribution in [0.4, 0.5) is 5.69 Å². The minimum absolute atomic E-state index is 0.0727. The second-order valence-corrected chi connectivity index (χ2v) is 8.55. The van der Waals surface area contributed by atoms with Crippen LogP contribution in [0.25, 0.3) is 5.57 Å². The minimum Gasteiger partial charge on any atom is -0.491 e. The van der Waals surface area contributed by atoms with Crippen LogP contribution in [0.3, 0.4) is 0 Å². The predicted molar refractivity (Wildman–Crippen MR) is 131 cm³/mol. The Hall–Kier alpha value is -3.86. The lowest BCUT2D eigenvalue weighted by Crippen LogP contribution is -2.32. The van der Waals surface area contributed by atoms with Crippen LogP contribution in [0.5, 0.6) is 5.75 Å². The lowest BCUT2D eigenvalue weighted by molar-refractivity contribution is -0.137. The van der Waals surface area contributed by atoms with Crippen molar-refractivity contribution in [2.45, 2.75) is 40.3 Å². The summed E-state index contributed by atoms with van der Waals surface area (Å²) in [5, 5.41) is 3.21. The molecule has 5 nitrogen and oxygen atoms in total. The van der Waals surface area contributed by atoms with Crippen molar-refractivity contribution in [1.82, 2.24) is 4.90 Å². The number of carbonyl (C=O) groups excluding carboxylic acids is 2. The highest BCUT2D eigenvalue weighted by atomic mass is 16.5. The molecule has 3 aromatic rings. The van der Waals surface area contributed by atoms with Crippen molar-refractivity contribution in [3.8, 4) is 5.75 Å². The summed E-state index contributed by atoms with van der Waals surface area (Å²) in [6.07, 6.45) is 0.0727. The van der Waals surface area contributed by atoms with Crippen LogP contribution in [-0.2, 0) is 16.1 Å². The van der Waals surface area contributed by atoms with Gasteiger partial charge in [-0.05, 0) is 74.2 Å². The standard InChI is InChI=1S/C28H28N2O3/c1-18(2)33-24-14-12-23(13-15-24)29-26-25(22-11-10-19(3)20(4)16-22)27(31)30(28(26)32)17-21-8-6-5-7-9-21/h5-16,18,29H,17H2,1-4H3. The Morgan fingerprint density at radius 1 is 0.848 bits per heavy atom. The van der Waals surface area contributed by atoms with Crippen LogP contribution in [0.2, 0.25) is 0 Å². The molecule has 0 unspecified atom stereocenters. The highest BCUT2D eigenvalue weighted by Gasteiger charge is 2.39. The SMILES string of the molecule is Cc1ccc(C2=C(Nc3ccc(OC(C)C)cc3)C(=O)N(Cc3ccccc3)C2=O)cc1C. The lowest BCUT2D eigenvalue weighted by atomic mass is 9.99. The molecule has 0 fully saturated rings. The summed E-state index contributed by atoms with van der Waals surface area (Å²) >= 11 is 0. The van der Waals surface area contributed by atoms with E-state index in [9.17, 15) is 9.59 Å². The van der Waals surface area contributed by atoms with Crippen molar-refractivity contribution < 1.29 is 14.3 Å². The largest absolute Gasteiger partial charge is 0.491 e. The van der Waals surface area contributed by atoms with Gasteiger partial charge >= 0.3 is 0 Å². The van der Waals surface area contributed by atoms with Crippen molar-refractivity contribution in [2.75, 3.05) is 5.32 Å². The van der Waals surface area contributed by atoms with Crippen LogP contribution in [0, 0.1) is 13.8 Å². The molecule has 2 amide bonds. The van der Waals surface area contributed by atoms with Gasteiger partial charge in [0, 0.05) is 5.69 Å². The molecule has 4 rings (SSSR count). The van der Waals surface area contributed by atoms with E-state index in [0.29, 0.717) is 11.3 Å². The summed E-state index contributed by atoms with van der Waals surface area (Å²) < 4.78 is 5.71. The number of hydrogen-bond donors (Lipinski definition) is 1. The van der Waals surface area contributed by atoms with Crippen LogP contribution in [-0.4, -0.2) is 22.8 Å². The van der Waals surface area contributed by atoms with Crippen molar-refractivity contribution in [2.24, 2.45) is 0 Å². The molecule has 1 N–H and O–H groups in total. The fraction of sp³-hybridized carbons (Fsp3) is 0.214. The van der Waals surface area contributed by atoms with Crippen LogP contribution < -0.4 is 10.1 Å². The summed E-state index contributed by atoms with van der Waals surface area (Å²) in [5.41, 5.74) is 5.22. The number of imide groups is 1. The average Bonchev–Trinajstić information content (AvgIpc) is 3.01.